The summed E-state index contributed by atoms with van der Waals surface area (Å²) in [4.78, 5) is 2.37. The molecule has 1 heterocycles. The van der Waals surface area contributed by atoms with Gasteiger partial charge in [-0.2, -0.15) is 0 Å². The van der Waals surface area contributed by atoms with Crippen LogP contribution in [-0.2, 0) is 0 Å². The molecule has 0 aromatic rings. The summed E-state index contributed by atoms with van der Waals surface area (Å²) in [5, 5.41) is 8.81. The number of rotatable bonds is 4. The van der Waals surface area contributed by atoms with Crippen molar-refractivity contribution in [3.8, 4) is 0 Å². The summed E-state index contributed by atoms with van der Waals surface area (Å²) in [5.74, 6) is 0. The van der Waals surface area contributed by atoms with Crippen molar-refractivity contribution in [1.82, 2.24) is 4.90 Å². The van der Waals surface area contributed by atoms with Crippen LogP contribution in [0, 0.1) is 5.41 Å². The molecule has 0 saturated carbocycles. The molecule has 0 aromatic carbocycles. The van der Waals surface area contributed by atoms with Crippen LogP contribution < -0.4 is 0 Å². The van der Waals surface area contributed by atoms with E-state index in [-0.39, 0.29) is 0 Å². The standard InChI is InChI=1S/C11H23NO/c1-3-4-11(2)5-7-12(8-6-11)9-10-13/h13H,3-10H2,1-2H3. The summed E-state index contributed by atoms with van der Waals surface area (Å²) in [6, 6.07) is 0. The summed E-state index contributed by atoms with van der Waals surface area (Å²) in [5.41, 5.74) is 0.584. The van der Waals surface area contributed by atoms with E-state index in [4.69, 9.17) is 5.11 Å². The van der Waals surface area contributed by atoms with Gasteiger partial charge in [-0.05, 0) is 37.8 Å². The van der Waals surface area contributed by atoms with Gasteiger partial charge in [-0.3, -0.25) is 0 Å². The highest BCUT2D eigenvalue weighted by molar-refractivity contribution is 4.81. The van der Waals surface area contributed by atoms with E-state index >= 15 is 0 Å². The SMILES string of the molecule is CCCC1(C)CCN(CCO)CC1. The fourth-order valence-electron chi connectivity index (χ4n) is 2.31. The minimum absolute atomic E-state index is 0.310. The minimum Gasteiger partial charge on any atom is -0.395 e. The molecule has 0 amide bonds. The normalized spacial score (nSPS) is 23.3. The van der Waals surface area contributed by atoms with Gasteiger partial charge in [0.25, 0.3) is 0 Å². The second kappa shape index (κ2) is 4.97. The number of piperidine rings is 1. The number of hydrogen-bond donors (Lipinski definition) is 1. The van der Waals surface area contributed by atoms with E-state index in [9.17, 15) is 0 Å². The molecule has 0 spiro atoms. The molecule has 0 aromatic heterocycles. The Morgan fingerprint density at radius 3 is 2.38 bits per heavy atom. The first-order valence-electron chi connectivity index (χ1n) is 5.53. The van der Waals surface area contributed by atoms with Crippen LogP contribution in [0.15, 0.2) is 0 Å². The van der Waals surface area contributed by atoms with Gasteiger partial charge in [-0.1, -0.05) is 20.3 Å². The van der Waals surface area contributed by atoms with Crippen LogP contribution in [0.25, 0.3) is 0 Å². The van der Waals surface area contributed by atoms with Crippen molar-refractivity contribution in [3.63, 3.8) is 0 Å². The van der Waals surface area contributed by atoms with Gasteiger partial charge in [0.15, 0.2) is 0 Å². The van der Waals surface area contributed by atoms with Gasteiger partial charge < -0.3 is 10.0 Å². The van der Waals surface area contributed by atoms with Gasteiger partial charge in [-0.15, -0.1) is 0 Å². The fourth-order valence-corrected chi connectivity index (χ4v) is 2.31. The van der Waals surface area contributed by atoms with Crippen molar-refractivity contribution >= 4 is 0 Å². The monoisotopic (exact) mass is 185 g/mol. The Morgan fingerprint density at radius 1 is 1.31 bits per heavy atom. The molecule has 1 fully saturated rings. The Hall–Kier alpha value is -0.0800. The second-order valence-electron chi connectivity index (χ2n) is 4.63. The smallest absolute Gasteiger partial charge is 0.0558 e. The second-order valence-corrected chi connectivity index (χ2v) is 4.63. The number of aliphatic hydroxyl groups is 1. The van der Waals surface area contributed by atoms with Crippen LogP contribution in [-0.4, -0.2) is 36.2 Å². The molecule has 1 aliphatic rings. The Kier molecular flexibility index (Phi) is 4.20. The first-order chi connectivity index (χ1) is 6.20. The van der Waals surface area contributed by atoms with E-state index in [1.807, 2.05) is 0 Å². The molecule has 2 heteroatoms. The molecular formula is C11H23NO. The average molecular weight is 185 g/mol. The third-order valence-electron chi connectivity index (χ3n) is 3.33. The van der Waals surface area contributed by atoms with Crippen molar-refractivity contribution in [3.05, 3.63) is 0 Å². The van der Waals surface area contributed by atoms with Crippen LogP contribution in [0.1, 0.15) is 39.5 Å². The third kappa shape index (κ3) is 3.28. The fraction of sp³-hybridized carbons (Fsp3) is 1.00. The molecule has 13 heavy (non-hydrogen) atoms. The number of β-amino-alcohol motifs (C(OH)–C–C–N with tert-alkyl or cyclic N) is 1. The zero-order chi connectivity index (χ0) is 9.73. The first kappa shape index (κ1) is 11.0. The van der Waals surface area contributed by atoms with E-state index in [0.717, 1.165) is 6.54 Å². The number of likely N-dealkylation sites (tertiary alicyclic amines) is 1. The molecule has 78 valence electrons. The highest BCUT2D eigenvalue weighted by Gasteiger charge is 2.28. The molecule has 1 rings (SSSR count). The summed E-state index contributed by atoms with van der Waals surface area (Å²) in [6.45, 7) is 8.21. The molecule has 0 atom stereocenters. The van der Waals surface area contributed by atoms with Crippen molar-refractivity contribution in [2.75, 3.05) is 26.2 Å². The molecule has 0 aliphatic carbocycles. The largest absolute Gasteiger partial charge is 0.395 e. The lowest BCUT2D eigenvalue weighted by Gasteiger charge is -2.39. The quantitative estimate of drug-likeness (QED) is 0.723. The predicted molar refractivity (Wildman–Crippen MR) is 55.8 cm³/mol. The van der Waals surface area contributed by atoms with E-state index in [1.54, 1.807) is 0 Å². The van der Waals surface area contributed by atoms with Crippen LogP contribution in [0.5, 0.6) is 0 Å². The molecule has 0 radical (unpaired) electrons. The van der Waals surface area contributed by atoms with E-state index in [1.165, 1.54) is 38.8 Å². The van der Waals surface area contributed by atoms with Gasteiger partial charge >= 0.3 is 0 Å². The number of nitrogens with zero attached hydrogens (tertiary/aromatic N) is 1. The Bertz CT molecular complexity index is 139. The van der Waals surface area contributed by atoms with Crippen LogP contribution in [0.4, 0.5) is 0 Å². The minimum atomic E-state index is 0.310. The zero-order valence-electron chi connectivity index (χ0n) is 9.05. The summed E-state index contributed by atoms with van der Waals surface area (Å²) < 4.78 is 0. The highest BCUT2D eigenvalue weighted by atomic mass is 16.3. The summed E-state index contributed by atoms with van der Waals surface area (Å²) in [6.07, 6.45) is 5.28. The van der Waals surface area contributed by atoms with Crippen LogP contribution in [0.2, 0.25) is 0 Å². The average Bonchev–Trinajstić information content (AvgIpc) is 2.10. The molecule has 2 nitrogen and oxygen atoms in total. The molecular weight excluding hydrogens is 162 g/mol. The number of aliphatic hydroxyl groups excluding tert-OH is 1. The molecule has 1 aliphatic heterocycles. The van der Waals surface area contributed by atoms with Gasteiger partial charge in [0, 0.05) is 6.54 Å². The molecule has 1 saturated heterocycles. The first-order valence-corrected chi connectivity index (χ1v) is 5.53. The Morgan fingerprint density at radius 2 is 1.92 bits per heavy atom. The lowest BCUT2D eigenvalue weighted by Crippen LogP contribution is -2.39. The predicted octanol–water partition coefficient (Wildman–Crippen LogP) is 1.88. The van der Waals surface area contributed by atoms with Crippen molar-refractivity contribution < 1.29 is 5.11 Å². The number of hydrogen-bond acceptors (Lipinski definition) is 2. The summed E-state index contributed by atoms with van der Waals surface area (Å²) in [7, 11) is 0. The van der Waals surface area contributed by atoms with Crippen LogP contribution >= 0.6 is 0 Å². The third-order valence-corrected chi connectivity index (χ3v) is 3.33. The van der Waals surface area contributed by atoms with Gasteiger partial charge in [-0.25, -0.2) is 0 Å². The summed E-state index contributed by atoms with van der Waals surface area (Å²) >= 11 is 0. The van der Waals surface area contributed by atoms with Gasteiger partial charge in [0.1, 0.15) is 0 Å². The highest BCUT2D eigenvalue weighted by Crippen LogP contribution is 2.35. The lowest BCUT2D eigenvalue weighted by molar-refractivity contribution is 0.0937. The lowest BCUT2D eigenvalue weighted by atomic mass is 9.77. The maximum Gasteiger partial charge on any atom is 0.0558 e. The maximum absolute atomic E-state index is 8.81. The zero-order valence-corrected chi connectivity index (χ0v) is 9.05. The molecule has 0 bridgehead atoms. The topological polar surface area (TPSA) is 23.5 Å². The Labute approximate surface area is 81.9 Å². The van der Waals surface area contributed by atoms with E-state index < -0.39 is 0 Å². The van der Waals surface area contributed by atoms with E-state index in [0.29, 0.717) is 12.0 Å². The van der Waals surface area contributed by atoms with Gasteiger partial charge in [0.2, 0.25) is 0 Å². The molecule has 1 N–H and O–H groups in total. The van der Waals surface area contributed by atoms with Gasteiger partial charge in [0.05, 0.1) is 6.61 Å². The van der Waals surface area contributed by atoms with E-state index in [2.05, 4.69) is 18.7 Å². The van der Waals surface area contributed by atoms with Crippen LogP contribution in [0.3, 0.4) is 0 Å². The Balaban J connectivity index is 2.28. The van der Waals surface area contributed by atoms with Crippen molar-refractivity contribution in [2.45, 2.75) is 39.5 Å². The maximum atomic E-state index is 8.81. The van der Waals surface area contributed by atoms with Crippen molar-refractivity contribution in [1.29, 1.82) is 0 Å². The van der Waals surface area contributed by atoms with Crippen molar-refractivity contribution in [2.24, 2.45) is 5.41 Å². The molecule has 0 unspecified atom stereocenters.